The van der Waals surface area contributed by atoms with Gasteiger partial charge >= 0.3 is 0 Å². The highest BCUT2D eigenvalue weighted by atomic mass is 16.4. The molecule has 0 spiro atoms. The molecule has 0 saturated heterocycles. The zero-order valence-corrected chi connectivity index (χ0v) is 16.0. The molecule has 0 aliphatic carbocycles. The van der Waals surface area contributed by atoms with E-state index in [4.69, 9.17) is 29.7 Å². The Bertz CT molecular complexity index is 513. The third-order valence-corrected chi connectivity index (χ3v) is 2.03. The van der Waals surface area contributed by atoms with E-state index < -0.39 is 24.0 Å². The maximum absolute atomic E-state index is 9.73. The van der Waals surface area contributed by atoms with Crippen LogP contribution in [-0.4, -0.2) is 61.1 Å². The van der Waals surface area contributed by atoms with E-state index in [0.29, 0.717) is 12.1 Å². The average Bonchev–Trinajstić information content (AvgIpc) is 2.41. The summed E-state index contributed by atoms with van der Waals surface area (Å²) in [5.74, 6) is -2.60. The smallest absolute Gasteiger partial charge is 0.300 e. The number of benzene rings is 1. The van der Waals surface area contributed by atoms with E-state index in [1.165, 1.54) is 18.2 Å². The Morgan fingerprint density at radius 1 is 0.852 bits per heavy atom. The molecule has 0 saturated carbocycles. The number of carboxylic acid groups (broad SMARTS) is 3. The normalized spacial score (nSPS) is 10.0. The molecular formula is C17H29NO9. The van der Waals surface area contributed by atoms with Crippen molar-refractivity contribution >= 4 is 17.9 Å². The third-order valence-electron chi connectivity index (χ3n) is 2.03. The molecule has 10 nitrogen and oxygen atoms in total. The van der Waals surface area contributed by atoms with Crippen LogP contribution < -0.4 is 5.32 Å². The topological polar surface area (TPSA) is 185 Å². The van der Waals surface area contributed by atoms with Crippen LogP contribution in [-0.2, 0) is 14.4 Å². The summed E-state index contributed by atoms with van der Waals surface area (Å²) in [6.07, 6.45) is -0.731. The number of phenols is 2. The zero-order valence-electron chi connectivity index (χ0n) is 16.0. The number of aliphatic hydroxyl groups excluding tert-OH is 1. The van der Waals surface area contributed by atoms with Crippen LogP contribution in [0.15, 0.2) is 18.2 Å². The molecule has 0 fully saturated rings. The minimum absolute atomic E-state index is 0.0476. The number of rotatable bonds is 4. The highest BCUT2D eigenvalue weighted by Crippen LogP contribution is 2.24. The summed E-state index contributed by atoms with van der Waals surface area (Å²) < 4.78 is 0. The first-order chi connectivity index (χ1) is 12.2. The molecule has 0 amide bonds. The number of hydrogen-bond acceptors (Lipinski definition) is 7. The van der Waals surface area contributed by atoms with Gasteiger partial charge in [0, 0.05) is 39.4 Å². The predicted molar refractivity (Wildman–Crippen MR) is 97.8 cm³/mol. The molecule has 1 aromatic carbocycles. The number of aromatic hydroxyl groups is 2. The van der Waals surface area contributed by atoms with Crippen LogP contribution in [0.1, 0.15) is 46.3 Å². The van der Waals surface area contributed by atoms with Gasteiger partial charge in [0.2, 0.25) is 0 Å². The van der Waals surface area contributed by atoms with Crippen LogP contribution in [0, 0.1) is 0 Å². The van der Waals surface area contributed by atoms with Crippen molar-refractivity contribution in [2.45, 2.75) is 46.8 Å². The fourth-order valence-corrected chi connectivity index (χ4v) is 1.28. The lowest BCUT2D eigenvalue weighted by Gasteiger charge is -2.14. The summed E-state index contributed by atoms with van der Waals surface area (Å²) in [6.45, 7) is 7.60. The van der Waals surface area contributed by atoms with E-state index in [-0.39, 0.29) is 17.5 Å². The lowest BCUT2D eigenvalue weighted by atomic mass is 10.1. The van der Waals surface area contributed by atoms with Crippen molar-refractivity contribution in [3.05, 3.63) is 23.8 Å². The van der Waals surface area contributed by atoms with Gasteiger partial charge in [0.15, 0.2) is 0 Å². The Kier molecular flexibility index (Phi) is 17.8. The Labute approximate surface area is 157 Å². The highest BCUT2D eigenvalue weighted by molar-refractivity contribution is 5.63. The number of phenolic OH excluding ortho intramolecular Hbond substituents is 2. The lowest BCUT2D eigenvalue weighted by Crippen LogP contribution is -2.27. The summed E-state index contributed by atoms with van der Waals surface area (Å²) in [7, 11) is 0. The summed E-state index contributed by atoms with van der Waals surface area (Å²) in [4.78, 5) is 27.0. The number of aliphatic carboxylic acids is 3. The Hall–Kier alpha value is -2.85. The molecule has 0 aliphatic heterocycles. The fourth-order valence-electron chi connectivity index (χ4n) is 1.28. The van der Waals surface area contributed by atoms with Gasteiger partial charge in [-0.2, -0.15) is 0 Å². The SMILES string of the molecule is CC(=O)O.CC(=O)O.CC(=O)O.CC(C)NCC(O)c1cc(O)cc(O)c1. The first-order valence-electron chi connectivity index (χ1n) is 7.71. The highest BCUT2D eigenvalue weighted by Gasteiger charge is 2.10. The van der Waals surface area contributed by atoms with Crippen molar-refractivity contribution in [1.29, 1.82) is 0 Å². The monoisotopic (exact) mass is 391 g/mol. The number of aliphatic hydroxyl groups is 1. The third kappa shape index (κ3) is 31.4. The molecule has 1 rings (SSSR count). The van der Waals surface area contributed by atoms with Crippen LogP contribution in [0.4, 0.5) is 0 Å². The molecule has 0 aromatic heterocycles. The fraction of sp³-hybridized carbons (Fsp3) is 0.471. The van der Waals surface area contributed by atoms with E-state index in [2.05, 4.69) is 5.32 Å². The molecule has 156 valence electrons. The van der Waals surface area contributed by atoms with E-state index in [1.807, 2.05) is 13.8 Å². The zero-order chi connectivity index (χ0) is 22.2. The van der Waals surface area contributed by atoms with Crippen LogP contribution in [0.5, 0.6) is 11.5 Å². The first-order valence-corrected chi connectivity index (χ1v) is 7.71. The number of carbonyl (C=O) groups is 3. The molecule has 0 radical (unpaired) electrons. The van der Waals surface area contributed by atoms with Crippen LogP contribution in [0.25, 0.3) is 0 Å². The van der Waals surface area contributed by atoms with Crippen LogP contribution in [0.2, 0.25) is 0 Å². The average molecular weight is 391 g/mol. The maximum atomic E-state index is 9.73. The van der Waals surface area contributed by atoms with Gasteiger partial charge in [0.05, 0.1) is 6.10 Å². The molecule has 7 N–H and O–H groups in total. The van der Waals surface area contributed by atoms with Crippen LogP contribution >= 0.6 is 0 Å². The lowest BCUT2D eigenvalue weighted by molar-refractivity contribution is -0.135. The summed E-state index contributed by atoms with van der Waals surface area (Å²) >= 11 is 0. The van der Waals surface area contributed by atoms with Crippen molar-refractivity contribution in [1.82, 2.24) is 5.32 Å². The second-order valence-electron chi connectivity index (χ2n) is 5.42. The Morgan fingerprint density at radius 3 is 1.41 bits per heavy atom. The largest absolute Gasteiger partial charge is 0.508 e. The van der Waals surface area contributed by atoms with Crippen molar-refractivity contribution in [3.8, 4) is 11.5 Å². The predicted octanol–water partition coefficient (Wildman–Crippen LogP) is 1.40. The van der Waals surface area contributed by atoms with Gasteiger partial charge in [0.25, 0.3) is 17.9 Å². The van der Waals surface area contributed by atoms with Crippen molar-refractivity contribution in [2.75, 3.05) is 6.54 Å². The molecule has 27 heavy (non-hydrogen) atoms. The Morgan fingerprint density at radius 2 is 1.15 bits per heavy atom. The standard InChI is InChI=1S/C11H17NO3.3C2H4O2/c1-7(2)12-6-11(15)8-3-9(13)5-10(14)4-8;3*1-2(3)4/h3-5,7,11-15H,6H2,1-2H3;3*1H3,(H,3,4). The molecule has 0 aliphatic rings. The van der Waals surface area contributed by atoms with E-state index >= 15 is 0 Å². The van der Waals surface area contributed by atoms with Crippen molar-refractivity contribution < 1.29 is 45.0 Å². The molecule has 1 atom stereocenters. The van der Waals surface area contributed by atoms with E-state index in [0.717, 1.165) is 20.8 Å². The minimum atomic E-state index is -0.833. The molecule has 1 unspecified atom stereocenters. The van der Waals surface area contributed by atoms with Crippen LogP contribution in [0.3, 0.4) is 0 Å². The summed E-state index contributed by atoms with van der Waals surface area (Å²) in [5, 5.41) is 53.5. The van der Waals surface area contributed by atoms with E-state index in [9.17, 15) is 15.3 Å². The molecule has 0 bridgehead atoms. The van der Waals surface area contributed by atoms with Crippen molar-refractivity contribution in [2.24, 2.45) is 0 Å². The molecule has 1 aromatic rings. The van der Waals surface area contributed by atoms with Gasteiger partial charge in [-0.25, -0.2) is 0 Å². The van der Waals surface area contributed by atoms with Gasteiger partial charge in [-0.05, 0) is 17.7 Å². The van der Waals surface area contributed by atoms with Gasteiger partial charge < -0.3 is 36.0 Å². The minimum Gasteiger partial charge on any atom is -0.508 e. The Balaban J connectivity index is -0.000000394. The van der Waals surface area contributed by atoms with E-state index in [1.54, 1.807) is 0 Å². The van der Waals surface area contributed by atoms with Gasteiger partial charge in [-0.3, -0.25) is 14.4 Å². The second-order valence-corrected chi connectivity index (χ2v) is 5.42. The van der Waals surface area contributed by atoms with Crippen molar-refractivity contribution in [3.63, 3.8) is 0 Å². The molecule has 0 heterocycles. The first kappa shape index (κ1) is 28.9. The number of nitrogens with one attached hydrogen (secondary N) is 1. The number of hydrogen-bond donors (Lipinski definition) is 7. The van der Waals surface area contributed by atoms with Gasteiger partial charge in [-0.15, -0.1) is 0 Å². The second kappa shape index (κ2) is 16.6. The van der Waals surface area contributed by atoms with Gasteiger partial charge in [-0.1, -0.05) is 13.8 Å². The summed E-state index contributed by atoms with van der Waals surface area (Å²) in [6, 6.07) is 4.38. The quantitative estimate of drug-likeness (QED) is 0.395. The molecular weight excluding hydrogens is 362 g/mol. The van der Waals surface area contributed by atoms with Gasteiger partial charge in [0.1, 0.15) is 11.5 Å². The summed E-state index contributed by atoms with van der Waals surface area (Å²) in [5.41, 5.74) is 0.501. The maximum Gasteiger partial charge on any atom is 0.300 e. The molecule has 10 heteroatoms. The number of carboxylic acids is 3.